The fraction of sp³-hybridized carbons (Fsp3) is 0.154. The van der Waals surface area contributed by atoms with E-state index in [4.69, 9.17) is 4.98 Å². The van der Waals surface area contributed by atoms with Crippen molar-refractivity contribution in [3.63, 3.8) is 0 Å². The van der Waals surface area contributed by atoms with Crippen LogP contribution in [0.2, 0.25) is 0 Å². The topological polar surface area (TPSA) is 42.0 Å². The lowest BCUT2D eigenvalue weighted by Gasteiger charge is -2.18. The monoisotopic (exact) mass is 380 g/mol. The maximum atomic E-state index is 12.9. The highest BCUT2D eigenvalue weighted by atomic mass is 16.1. The van der Waals surface area contributed by atoms with Gasteiger partial charge in [0, 0.05) is 11.1 Å². The second kappa shape index (κ2) is 8.27. The molecule has 3 heteroatoms. The fourth-order valence-electron chi connectivity index (χ4n) is 3.80. The van der Waals surface area contributed by atoms with Crippen LogP contribution in [0.15, 0.2) is 84.9 Å². The highest BCUT2D eigenvalue weighted by Crippen LogP contribution is 2.33. The van der Waals surface area contributed by atoms with Crippen LogP contribution in [-0.4, -0.2) is 10.9 Å². The molecular formula is C26H24N2O. The minimum Gasteiger partial charge on any atom is -0.349 e. The van der Waals surface area contributed by atoms with Crippen LogP contribution in [0, 0.1) is 6.92 Å². The largest absolute Gasteiger partial charge is 0.349 e. The Hall–Kier alpha value is -3.46. The molecule has 1 amide bonds. The molecule has 1 aromatic heterocycles. The molecule has 0 aliphatic rings. The molecule has 0 aliphatic heterocycles. The summed E-state index contributed by atoms with van der Waals surface area (Å²) in [6.45, 7) is 4.00. The lowest BCUT2D eigenvalue weighted by molar-refractivity contribution is -0.121. The van der Waals surface area contributed by atoms with E-state index in [1.54, 1.807) is 0 Å². The minimum atomic E-state index is -0.0439. The molecule has 29 heavy (non-hydrogen) atoms. The van der Waals surface area contributed by atoms with Gasteiger partial charge in [0.1, 0.15) is 0 Å². The Bertz CT molecular complexity index is 1140. The number of rotatable bonds is 5. The Morgan fingerprint density at radius 2 is 1.52 bits per heavy atom. The van der Waals surface area contributed by atoms with E-state index in [1.165, 1.54) is 0 Å². The molecule has 1 unspecified atom stereocenters. The molecule has 4 aromatic rings. The predicted molar refractivity (Wildman–Crippen MR) is 119 cm³/mol. The van der Waals surface area contributed by atoms with Gasteiger partial charge in [0.2, 0.25) is 5.91 Å². The quantitative estimate of drug-likeness (QED) is 0.487. The van der Waals surface area contributed by atoms with E-state index in [9.17, 15) is 4.79 Å². The van der Waals surface area contributed by atoms with Crippen LogP contribution in [0.3, 0.4) is 0 Å². The first kappa shape index (κ1) is 18.9. The Morgan fingerprint density at radius 1 is 0.897 bits per heavy atom. The predicted octanol–water partition coefficient (Wildman–Crippen LogP) is 5.63. The third kappa shape index (κ3) is 4.04. The van der Waals surface area contributed by atoms with Crippen molar-refractivity contribution < 1.29 is 4.79 Å². The van der Waals surface area contributed by atoms with Gasteiger partial charge in [-0.1, -0.05) is 78.9 Å². The average Bonchev–Trinajstić information content (AvgIpc) is 2.75. The van der Waals surface area contributed by atoms with Crippen LogP contribution in [0.5, 0.6) is 0 Å². The van der Waals surface area contributed by atoms with E-state index in [0.717, 1.165) is 38.9 Å². The molecular weight excluding hydrogens is 356 g/mol. The number of carbonyl (C=O) groups is 1. The number of para-hydroxylation sites is 1. The standard InChI is InChI=1S/C26H24N2O/c1-18(20-11-5-3-6-12-20)28-25(29)17-23-19(2)27-24-16-10-9-15-22(24)26(23)21-13-7-4-8-14-21/h3-16,18H,17H2,1-2H3,(H,28,29). The first-order chi connectivity index (χ1) is 14.1. The Morgan fingerprint density at radius 3 is 2.24 bits per heavy atom. The molecule has 3 nitrogen and oxygen atoms in total. The van der Waals surface area contributed by atoms with Gasteiger partial charge in [0.05, 0.1) is 18.0 Å². The van der Waals surface area contributed by atoms with E-state index in [0.29, 0.717) is 6.42 Å². The van der Waals surface area contributed by atoms with Crippen molar-refractivity contribution in [3.8, 4) is 11.1 Å². The third-order valence-corrected chi connectivity index (χ3v) is 5.28. The van der Waals surface area contributed by atoms with Gasteiger partial charge in [-0.3, -0.25) is 9.78 Å². The summed E-state index contributed by atoms with van der Waals surface area (Å²) in [7, 11) is 0. The molecule has 0 aliphatic carbocycles. The van der Waals surface area contributed by atoms with E-state index in [-0.39, 0.29) is 11.9 Å². The van der Waals surface area contributed by atoms with Crippen molar-refractivity contribution in [3.05, 3.63) is 102 Å². The summed E-state index contributed by atoms with van der Waals surface area (Å²) in [6.07, 6.45) is 0.297. The lowest BCUT2D eigenvalue weighted by Crippen LogP contribution is -2.28. The lowest BCUT2D eigenvalue weighted by atomic mass is 9.92. The number of hydrogen-bond donors (Lipinski definition) is 1. The molecule has 0 saturated carbocycles. The van der Waals surface area contributed by atoms with Crippen LogP contribution in [-0.2, 0) is 11.2 Å². The molecule has 0 bridgehead atoms. The summed E-state index contributed by atoms with van der Waals surface area (Å²) < 4.78 is 0. The van der Waals surface area contributed by atoms with Crippen molar-refractivity contribution in [2.24, 2.45) is 0 Å². The van der Waals surface area contributed by atoms with Crippen LogP contribution < -0.4 is 5.32 Å². The maximum absolute atomic E-state index is 12.9. The summed E-state index contributed by atoms with van der Waals surface area (Å²) >= 11 is 0. The van der Waals surface area contributed by atoms with Crippen LogP contribution in [0.25, 0.3) is 22.0 Å². The highest BCUT2D eigenvalue weighted by Gasteiger charge is 2.18. The van der Waals surface area contributed by atoms with Gasteiger partial charge < -0.3 is 5.32 Å². The number of carbonyl (C=O) groups excluding carboxylic acids is 1. The number of amides is 1. The normalized spacial score (nSPS) is 11.9. The zero-order valence-electron chi connectivity index (χ0n) is 16.7. The summed E-state index contributed by atoms with van der Waals surface area (Å²) in [5, 5.41) is 4.20. The smallest absolute Gasteiger partial charge is 0.224 e. The summed E-state index contributed by atoms with van der Waals surface area (Å²) in [6, 6.07) is 28.4. The highest BCUT2D eigenvalue weighted by molar-refractivity contribution is 5.98. The Kier molecular flexibility index (Phi) is 5.39. The van der Waals surface area contributed by atoms with E-state index >= 15 is 0 Å². The molecule has 144 valence electrons. The van der Waals surface area contributed by atoms with Crippen LogP contribution in [0.1, 0.15) is 29.8 Å². The van der Waals surface area contributed by atoms with Crippen molar-refractivity contribution in [1.82, 2.24) is 10.3 Å². The third-order valence-electron chi connectivity index (χ3n) is 5.28. The van der Waals surface area contributed by atoms with E-state index in [2.05, 4.69) is 23.5 Å². The van der Waals surface area contributed by atoms with Crippen LogP contribution >= 0.6 is 0 Å². The number of benzene rings is 3. The second-order valence-corrected chi connectivity index (χ2v) is 7.31. The summed E-state index contributed by atoms with van der Waals surface area (Å²) in [5.74, 6) is -0.00119. The number of aryl methyl sites for hydroxylation is 1. The summed E-state index contributed by atoms with van der Waals surface area (Å²) in [5.41, 5.74) is 6.12. The van der Waals surface area contributed by atoms with Gasteiger partial charge in [-0.2, -0.15) is 0 Å². The van der Waals surface area contributed by atoms with Gasteiger partial charge in [-0.25, -0.2) is 0 Å². The molecule has 0 radical (unpaired) electrons. The number of hydrogen-bond acceptors (Lipinski definition) is 2. The molecule has 4 rings (SSSR count). The number of nitrogens with one attached hydrogen (secondary N) is 1. The molecule has 3 aromatic carbocycles. The first-order valence-electron chi connectivity index (χ1n) is 9.91. The zero-order chi connectivity index (χ0) is 20.2. The summed E-state index contributed by atoms with van der Waals surface area (Å²) in [4.78, 5) is 17.7. The van der Waals surface area contributed by atoms with Crippen molar-refractivity contribution in [2.45, 2.75) is 26.3 Å². The Labute approximate surface area is 171 Å². The van der Waals surface area contributed by atoms with E-state index in [1.807, 2.05) is 80.6 Å². The van der Waals surface area contributed by atoms with Crippen molar-refractivity contribution in [2.75, 3.05) is 0 Å². The molecule has 0 saturated heterocycles. The molecule has 0 fully saturated rings. The molecule has 1 atom stereocenters. The average molecular weight is 380 g/mol. The Balaban J connectivity index is 1.72. The van der Waals surface area contributed by atoms with E-state index < -0.39 is 0 Å². The maximum Gasteiger partial charge on any atom is 0.224 e. The van der Waals surface area contributed by atoms with Crippen molar-refractivity contribution >= 4 is 16.8 Å². The SMILES string of the molecule is Cc1nc2ccccc2c(-c2ccccc2)c1CC(=O)NC(C)c1ccccc1. The molecule has 0 spiro atoms. The minimum absolute atomic E-state index is 0.00119. The van der Waals surface area contributed by atoms with Gasteiger partial charge in [0.15, 0.2) is 0 Å². The van der Waals surface area contributed by atoms with Crippen LogP contribution in [0.4, 0.5) is 0 Å². The first-order valence-corrected chi connectivity index (χ1v) is 9.91. The fourth-order valence-corrected chi connectivity index (χ4v) is 3.80. The molecule has 1 N–H and O–H groups in total. The zero-order valence-corrected chi connectivity index (χ0v) is 16.7. The van der Waals surface area contributed by atoms with Gasteiger partial charge in [-0.05, 0) is 42.2 Å². The number of pyridine rings is 1. The second-order valence-electron chi connectivity index (χ2n) is 7.31. The number of nitrogens with zero attached hydrogens (tertiary/aromatic N) is 1. The van der Waals surface area contributed by atoms with Gasteiger partial charge in [-0.15, -0.1) is 0 Å². The van der Waals surface area contributed by atoms with Gasteiger partial charge in [0.25, 0.3) is 0 Å². The van der Waals surface area contributed by atoms with Gasteiger partial charge >= 0.3 is 0 Å². The van der Waals surface area contributed by atoms with Crippen molar-refractivity contribution in [1.29, 1.82) is 0 Å². The molecule has 1 heterocycles. The number of aromatic nitrogens is 1. The number of fused-ring (bicyclic) bond motifs is 1.